The summed E-state index contributed by atoms with van der Waals surface area (Å²) >= 11 is 0. The minimum absolute atomic E-state index is 0.913. The summed E-state index contributed by atoms with van der Waals surface area (Å²) in [6.07, 6.45) is 0. The first-order valence-corrected chi connectivity index (χ1v) is 21.3. The summed E-state index contributed by atoms with van der Waals surface area (Å²) in [5, 5.41) is 12.2. The first-order chi connectivity index (χ1) is 30.8. The molecule has 0 saturated carbocycles. The molecule has 0 bridgehead atoms. The van der Waals surface area contributed by atoms with Crippen molar-refractivity contribution in [2.75, 3.05) is 0 Å². The number of aromatic nitrogens is 1. The van der Waals surface area contributed by atoms with Gasteiger partial charge in [0.25, 0.3) is 0 Å². The third kappa shape index (κ3) is 5.23. The van der Waals surface area contributed by atoms with Gasteiger partial charge in [-0.25, -0.2) is 0 Å². The quantitative estimate of drug-likeness (QED) is 0.159. The van der Waals surface area contributed by atoms with Gasteiger partial charge in [0, 0.05) is 32.8 Å². The molecule has 0 N–H and O–H groups in total. The predicted molar refractivity (Wildman–Crippen MR) is 262 cm³/mol. The van der Waals surface area contributed by atoms with E-state index in [2.05, 4.69) is 217 Å². The summed E-state index contributed by atoms with van der Waals surface area (Å²) in [6.45, 7) is 0. The Morgan fingerprint density at radius 3 is 1.48 bits per heavy atom. The molecule has 2 heterocycles. The Balaban J connectivity index is 0.927. The molecule has 2 nitrogen and oxygen atoms in total. The van der Waals surface area contributed by atoms with Gasteiger partial charge in [-0.05, 0) is 108 Å². The van der Waals surface area contributed by atoms with Crippen LogP contribution in [0.3, 0.4) is 0 Å². The van der Waals surface area contributed by atoms with E-state index in [0.29, 0.717) is 0 Å². The van der Waals surface area contributed by atoms with Crippen molar-refractivity contribution in [3.8, 4) is 50.2 Å². The van der Waals surface area contributed by atoms with Gasteiger partial charge >= 0.3 is 0 Å². The highest BCUT2D eigenvalue weighted by atomic mass is 16.3. The van der Waals surface area contributed by atoms with Gasteiger partial charge in [0.2, 0.25) is 0 Å². The standard InChI is InChI=1S/C60H37NO/c1-2-15-44-38(13-1)14-11-22-45(44)39-27-29-40(30-28-39)58-49-18-3-5-20-51(49)59(52-21-6-4-19-50(52)58)41-31-34-43(35-32-41)61-55-25-9-7-16-47(55)54-37-42(33-36-56(54)61)46-23-12-24-53-48-17-8-10-26-57(48)62-60(46)53/h1-37H. The van der Waals surface area contributed by atoms with E-state index in [1.807, 2.05) is 12.1 Å². The van der Waals surface area contributed by atoms with Crippen molar-refractivity contribution in [1.29, 1.82) is 0 Å². The molecule has 0 fully saturated rings. The molecule has 13 aromatic rings. The van der Waals surface area contributed by atoms with Crippen molar-refractivity contribution in [1.82, 2.24) is 4.57 Å². The number of hydrogen-bond acceptors (Lipinski definition) is 1. The number of para-hydroxylation sites is 3. The second-order valence-electron chi connectivity index (χ2n) is 16.4. The number of benzene rings is 11. The maximum atomic E-state index is 6.47. The van der Waals surface area contributed by atoms with E-state index in [0.717, 1.165) is 38.8 Å². The molecule has 11 aromatic carbocycles. The first kappa shape index (κ1) is 34.6. The highest BCUT2D eigenvalue weighted by molar-refractivity contribution is 6.21. The van der Waals surface area contributed by atoms with Gasteiger partial charge < -0.3 is 8.98 Å². The molecule has 2 heteroatoms. The second kappa shape index (κ2) is 13.7. The number of nitrogens with zero attached hydrogens (tertiary/aromatic N) is 1. The fourth-order valence-electron chi connectivity index (χ4n) is 10.2. The van der Waals surface area contributed by atoms with Crippen LogP contribution in [-0.4, -0.2) is 4.57 Å². The van der Waals surface area contributed by atoms with E-state index in [9.17, 15) is 0 Å². The Bertz CT molecular complexity index is 3840. The summed E-state index contributed by atoms with van der Waals surface area (Å²) < 4.78 is 8.87. The van der Waals surface area contributed by atoms with Gasteiger partial charge in [-0.2, -0.15) is 0 Å². The lowest BCUT2D eigenvalue weighted by atomic mass is 9.85. The molecule has 0 spiro atoms. The van der Waals surface area contributed by atoms with E-state index in [-0.39, 0.29) is 0 Å². The first-order valence-electron chi connectivity index (χ1n) is 21.3. The fraction of sp³-hybridized carbons (Fsp3) is 0. The summed E-state index contributed by atoms with van der Waals surface area (Å²) in [5.41, 5.74) is 15.0. The van der Waals surface area contributed by atoms with Crippen LogP contribution in [-0.2, 0) is 0 Å². The molecule has 0 aliphatic carbocycles. The van der Waals surface area contributed by atoms with Crippen molar-refractivity contribution in [3.05, 3.63) is 224 Å². The summed E-state index contributed by atoms with van der Waals surface area (Å²) in [4.78, 5) is 0. The van der Waals surface area contributed by atoms with Crippen molar-refractivity contribution >= 4 is 76.1 Å². The average molecular weight is 788 g/mol. The SMILES string of the molecule is c1ccc2c(-c3ccc(-c4c5ccccc5c(-c5ccc(-n6c7ccccc7c7cc(-c8cccc9c8oc8ccccc89)ccc76)cc5)c5ccccc45)cc3)cccc2c1. The third-order valence-electron chi connectivity index (χ3n) is 13.0. The third-order valence-corrected chi connectivity index (χ3v) is 13.0. The van der Waals surface area contributed by atoms with Crippen LogP contribution in [0.5, 0.6) is 0 Å². The van der Waals surface area contributed by atoms with Crippen molar-refractivity contribution in [2.24, 2.45) is 0 Å². The minimum atomic E-state index is 0.913. The van der Waals surface area contributed by atoms with Crippen LogP contribution < -0.4 is 0 Å². The lowest BCUT2D eigenvalue weighted by Gasteiger charge is -2.18. The van der Waals surface area contributed by atoms with Gasteiger partial charge in [-0.3, -0.25) is 0 Å². The molecule has 13 rings (SSSR count). The summed E-state index contributed by atoms with van der Waals surface area (Å²) in [6, 6.07) is 81.7. The Morgan fingerprint density at radius 1 is 0.290 bits per heavy atom. The van der Waals surface area contributed by atoms with E-state index < -0.39 is 0 Å². The van der Waals surface area contributed by atoms with Crippen LogP contribution in [0.2, 0.25) is 0 Å². The molecule has 0 amide bonds. The van der Waals surface area contributed by atoms with E-state index >= 15 is 0 Å². The molecular weight excluding hydrogens is 751 g/mol. The Morgan fingerprint density at radius 2 is 0.774 bits per heavy atom. The number of fused-ring (bicyclic) bond motifs is 9. The minimum Gasteiger partial charge on any atom is -0.455 e. The average Bonchev–Trinajstić information content (AvgIpc) is 3.89. The highest BCUT2D eigenvalue weighted by Gasteiger charge is 2.19. The predicted octanol–water partition coefficient (Wildman–Crippen LogP) is 16.8. The van der Waals surface area contributed by atoms with Crippen LogP contribution in [0.1, 0.15) is 0 Å². The second-order valence-corrected chi connectivity index (χ2v) is 16.4. The highest BCUT2D eigenvalue weighted by Crippen LogP contribution is 2.45. The molecule has 2 aromatic heterocycles. The monoisotopic (exact) mass is 787 g/mol. The van der Waals surface area contributed by atoms with E-state index in [4.69, 9.17) is 4.42 Å². The molecule has 0 saturated heterocycles. The lowest BCUT2D eigenvalue weighted by molar-refractivity contribution is 0.670. The normalized spacial score (nSPS) is 11.9. The Kier molecular flexibility index (Phi) is 7.64. The Hall–Kier alpha value is -8.20. The van der Waals surface area contributed by atoms with Crippen LogP contribution in [0.4, 0.5) is 0 Å². The van der Waals surface area contributed by atoms with Gasteiger partial charge in [-0.1, -0.05) is 188 Å². The van der Waals surface area contributed by atoms with Gasteiger partial charge in [0.1, 0.15) is 11.2 Å². The van der Waals surface area contributed by atoms with Crippen LogP contribution >= 0.6 is 0 Å². The maximum absolute atomic E-state index is 6.47. The van der Waals surface area contributed by atoms with Crippen LogP contribution in [0, 0.1) is 0 Å². The van der Waals surface area contributed by atoms with Gasteiger partial charge in [0.05, 0.1) is 11.0 Å². The summed E-state index contributed by atoms with van der Waals surface area (Å²) in [7, 11) is 0. The smallest absolute Gasteiger partial charge is 0.143 e. The molecule has 62 heavy (non-hydrogen) atoms. The fourth-order valence-corrected chi connectivity index (χ4v) is 10.2. The maximum Gasteiger partial charge on any atom is 0.143 e. The zero-order valence-corrected chi connectivity index (χ0v) is 33.7. The van der Waals surface area contributed by atoms with Crippen molar-refractivity contribution < 1.29 is 4.42 Å². The zero-order chi connectivity index (χ0) is 40.7. The molecule has 0 radical (unpaired) electrons. The van der Waals surface area contributed by atoms with Crippen LogP contribution in [0.15, 0.2) is 229 Å². The van der Waals surface area contributed by atoms with Gasteiger partial charge in [0.15, 0.2) is 0 Å². The molecule has 288 valence electrons. The molecule has 0 atom stereocenters. The molecular formula is C60H37NO. The summed E-state index contributed by atoms with van der Waals surface area (Å²) in [5.74, 6) is 0. The topological polar surface area (TPSA) is 18.1 Å². The number of hydrogen-bond donors (Lipinski definition) is 0. The molecule has 0 unspecified atom stereocenters. The molecule has 0 aliphatic heterocycles. The van der Waals surface area contributed by atoms with Crippen molar-refractivity contribution in [2.45, 2.75) is 0 Å². The Labute approximate surface area is 358 Å². The van der Waals surface area contributed by atoms with Crippen molar-refractivity contribution in [3.63, 3.8) is 0 Å². The van der Waals surface area contributed by atoms with E-state index in [1.165, 1.54) is 87.5 Å². The van der Waals surface area contributed by atoms with Gasteiger partial charge in [-0.15, -0.1) is 0 Å². The number of furan rings is 1. The van der Waals surface area contributed by atoms with E-state index in [1.54, 1.807) is 0 Å². The lowest BCUT2D eigenvalue weighted by Crippen LogP contribution is -1.95. The molecule has 0 aliphatic rings. The van der Waals surface area contributed by atoms with Crippen LogP contribution in [0.25, 0.3) is 126 Å². The zero-order valence-electron chi connectivity index (χ0n) is 33.7. The number of rotatable bonds is 5. The largest absolute Gasteiger partial charge is 0.455 e.